The number of sulfonamides is 2. The van der Waals surface area contributed by atoms with Gasteiger partial charge in [-0.1, -0.05) is 31.5 Å². The van der Waals surface area contributed by atoms with E-state index >= 15 is 0 Å². The average molecular weight is 492 g/mol. The average Bonchev–Trinajstić information content (AvgIpc) is 3.14. The van der Waals surface area contributed by atoms with E-state index in [0.717, 1.165) is 30.2 Å². The van der Waals surface area contributed by atoms with E-state index in [2.05, 4.69) is 23.5 Å². The lowest BCUT2D eigenvalue weighted by Gasteiger charge is -2.39. The Labute approximate surface area is 187 Å². The van der Waals surface area contributed by atoms with Crippen molar-refractivity contribution in [3.8, 4) is 0 Å². The molecule has 1 aromatic heterocycles. The summed E-state index contributed by atoms with van der Waals surface area (Å²) in [7, 11) is -4.88. The molecule has 2 heterocycles. The molecule has 3 rings (SSSR count). The number of thiophene rings is 1. The van der Waals surface area contributed by atoms with E-state index in [1.807, 2.05) is 0 Å². The second-order valence-electron chi connectivity index (χ2n) is 8.25. The van der Waals surface area contributed by atoms with Gasteiger partial charge in [0.1, 0.15) is 8.42 Å². The molecule has 7 nitrogen and oxygen atoms in total. The summed E-state index contributed by atoms with van der Waals surface area (Å²) < 4.78 is 54.1. The molecule has 0 atom stereocenters. The maximum Gasteiger partial charge on any atom is 0.271 e. The fourth-order valence-corrected chi connectivity index (χ4v) is 7.51. The van der Waals surface area contributed by atoms with Crippen molar-refractivity contribution in [2.45, 2.75) is 35.1 Å². The van der Waals surface area contributed by atoms with Crippen molar-refractivity contribution in [2.75, 3.05) is 36.8 Å². The van der Waals surface area contributed by atoms with Gasteiger partial charge in [-0.3, -0.25) is 4.72 Å². The third kappa shape index (κ3) is 4.77. The number of anilines is 2. The van der Waals surface area contributed by atoms with Crippen LogP contribution in [0.15, 0.2) is 38.8 Å². The fraction of sp³-hybridized carbons (Fsp3) is 0.474. The summed E-state index contributed by atoms with van der Waals surface area (Å²) in [6.45, 7) is 5.98. The topological polar surface area (TPSA) is 86.8 Å². The third-order valence-corrected chi connectivity index (χ3v) is 10.8. The first-order valence-electron chi connectivity index (χ1n) is 9.42. The van der Waals surface area contributed by atoms with Crippen LogP contribution in [0, 0.1) is 5.41 Å². The van der Waals surface area contributed by atoms with Crippen LogP contribution in [0.2, 0.25) is 5.02 Å². The van der Waals surface area contributed by atoms with Crippen molar-refractivity contribution in [2.24, 2.45) is 5.41 Å². The van der Waals surface area contributed by atoms with Crippen LogP contribution in [0.5, 0.6) is 0 Å². The molecule has 1 fully saturated rings. The van der Waals surface area contributed by atoms with Gasteiger partial charge in [-0.05, 0) is 42.5 Å². The molecule has 0 unspecified atom stereocenters. The van der Waals surface area contributed by atoms with Crippen molar-refractivity contribution in [3.05, 3.63) is 35.4 Å². The van der Waals surface area contributed by atoms with Gasteiger partial charge in [0.2, 0.25) is 0 Å². The molecule has 1 aromatic carbocycles. The zero-order chi connectivity index (χ0) is 22.3. The van der Waals surface area contributed by atoms with Crippen molar-refractivity contribution >= 4 is 54.4 Å². The van der Waals surface area contributed by atoms with Crippen molar-refractivity contribution in [1.29, 1.82) is 0 Å². The van der Waals surface area contributed by atoms with Crippen LogP contribution in [0.4, 0.5) is 11.4 Å². The zero-order valence-electron chi connectivity index (χ0n) is 17.3. The molecule has 1 saturated heterocycles. The Kier molecular flexibility index (Phi) is 6.46. The lowest BCUT2D eigenvalue weighted by Crippen LogP contribution is -2.38. The number of para-hydroxylation sites is 1. The molecule has 1 aliphatic rings. The number of nitrogens with one attached hydrogen (secondary N) is 1. The van der Waals surface area contributed by atoms with E-state index in [4.69, 9.17) is 11.6 Å². The van der Waals surface area contributed by atoms with Gasteiger partial charge in [0.15, 0.2) is 0 Å². The van der Waals surface area contributed by atoms with E-state index in [-0.39, 0.29) is 13.8 Å². The van der Waals surface area contributed by atoms with Crippen LogP contribution in [0.1, 0.15) is 26.7 Å². The minimum atomic E-state index is -3.98. The molecule has 0 radical (unpaired) electrons. The standard InChI is InChI=1S/C19H26ClN3O4S3/c1-19(2)10-12-23(13-11-19)18-14(20)6-5-7-15(18)21-29(24,25)16-8-9-17(28-16)30(26,27)22(3)4/h5-9,21H,10-13H2,1-4H3. The van der Waals surface area contributed by atoms with Crippen molar-refractivity contribution < 1.29 is 16.8 Å². The molecule has 0 bridgehead atoms. The summed E-state index contributed by atoms with van der Waals surface area (Å²) in [4.78, 5) is 2.10. The number of piperidine rings is 1. The molecule has 1 N–H and O–H groups in total. The molecule has 11 heteroatoms. The molecular weight excluding hydrogens is 466 g/mol. The molecule has 2 aromatic rings. The van der Waals surface area contributed by atoms with E-state index in [1.54, 1.807) is 18.2 Å². The summed E-state index contributed by atoms with van der Waals surface area (Å²) in [5.41, 5.74) is 1.27. The molecule has 1 aliphatic heterocycles. The Morgan fingerprint density at radius 1 is 1.03 bits per heavy atom. The molecular formula is C19H26ClN3O4S3. The van der Waals surface area contributed by atoms with Crippen molar-refractivity contribution in [1.82, 2.24) is 4.31 Å². The maximum atomic E-state index is 13.0. The quantitative estimate of drug-likeness (QED) is 0.657. The first-order chi connectivity index (χ1) is 13.8. The van der Waals surface area contributed by atoms with E-state index in [0.29, 0.717) is 27.7 Å². The third-order valence-electron chi connectivity index (χ3n) is 5.22. The Hall–Kier alpha value is -1.33. The molecule has 0 aliphatic carbocycles. The molecule has 30 heavy (non-hydrogen) atoms. The van der Waals surface area contributed by atoms with Gasteiger partial charge in [0, 0.05) is 27.2 Å². The Balaban J connectivity index is 1.92. The number of halogens is 1. The van der Waals surface area contributed by atoms with E-state index in [1.165, 1.54) is 26.2 Å². The summed E-state index contributed by atoms with van der Waals surface area (Å²) in [5, 5.41) is 0.469. The van der Waals surface area contributed by atoms with E-state index in [9.17, 15) is 16.8 Å². The van der Waals surface area contributed by atoms with Gasteiger partial charge in [0.25, 0.3) is 20.0 Å². The molecule has 0 saturated carbocycles. The minimum Gasteiger partial charge on any atom is -0.369 e. The normalized spacial score (nSPS) is 17.3. The van der Waals surface area contributed by atoms with Crippen LogP contribution in [0.3, 0.4) is 0 Å². The van der Waals surface area contributed by atoms with Crippen LogP contribution >= 0.6 is 22.9 Å². The number of nitrogens with zero attached hydrogens (tertiary/aromatic N) is 2. The zero-order valence-corrected chi connectivity index (χ0v) is 20.6. The number of benzene rings is 1. The minimum absolute atomic E-state index is 0.0301. The van der Waals surface area contributed by atoms with Crippen LogP contribution in [-0.2, 0) is 20.0 Å². The second-order valence-corrected chi connectivity index (χ2v) is 14.0. The van der Waals surface area contributed by atoms with Gasteiger partial charge in [0.05, 0.1) is 16.4 Å². The highest BCUT2D eigenvalue weighted by Crippen LogP contribution is 2.40. The van der Waals surface area contributed by atoms with Crippen LogP contribution in [-0.4, -0.2) is 48.3 Å². The summed E-state index contributed by atoms with van der Waals surface area (Å²) in [5.74, 6) is 0. The molecule has 0 spiro atoms. The van der Waals surface area contributed by atoms with E-state index < -0.39 is 20.0 Å². The Bertz CT molecular complexity index is 1130. The number of hydrogen-bond acceptors (Lipinski definition) is 6. The van der Waals surface area contributed by atoms with Gasteiger partial charge in [-0.25, -0.2) is 21.1 Å². The smallest absolute Gasteiger partial charge is 0.271 e. The lowest BCUT2D eigenvalue weighted by molar-refractivity contribution is 0.280. The SMILES string of the molecule is CN(C)S(=O)(=O)c1ccc(S(=O)(=O)Nc2cccc(Cl)c2N2CCC(C)(C)CC2)s1. The van der Waals surface area contributed by atoms with Gasteiger partial charge in [-0.15, -0.1) is 11.3 Å². The number of hydrogen-bond donors (Lipinski definition) is 1. The summed E-state index contributed by atoms with van der Waals surface area (Å²) in [6.07, 6.45) is 1.95. The highest BCUT2D eigenvalue weighted by Gasteiger charge is 2.29. The first kappa shape index (κ1) is 23.3. The molecule has 166 valence electrons. The van der Waals surface area contributed by atoms with Gasteiger partial charge >= 0.3 is 0 Å². The summed E-state index contributed by atoms with van der Waals surface area (Å²) in [6, 6.07) is 7.70. The highest BCUT2D eigenvalue weighted by atomic mass is 35.5. The summed E-state index contributed by atoms with van der Waals surface area (Å²) >= 11 is 7.16. The lowest BCUT2D eigenvalue weighted by atomic mass is 9.82. The monoisotopic (exact) mass is 491 g/mol. The van der Waals surface area contributed by atoms with Crippen LogP contribution < -0.4 is 9.62 Å². The first-order valence-corrected chi connectivity index (χ1v) is 13.5. The molecule has 0 amide bonds. The number of rotatable bonds is 6. The highest BCUT2D eigenvalue weighted by molar-refractivity contribution is 7.96. The van der Waals surface area contributed by atoms with Gasteiger partial charge < -0.3 is 4.90 Å². The Morgan fingerprint density at radius 3 is 2.23 bits per heavy atom. The van der Waals surface area contributed by atoms with Crippen molar-refractivity contribution in [3.63, 3.8) is 0 Å². The van der Waals surface area contributed by atoms with Gasteiger partial charge in [-0.2, -0.15) is 0 Å². The van der Waals surface area contributed by atoms with Crippen LogP contribution in [0.25, 0.3) is 0 Å². The fourth-order valence-electron chi connectivity index (χ4n) is 3.22. The Morgan fingerprint density at radius 2 is 1.63 bits per heavy atom. The largest absolute Gasteiger partial charge is 0.369 e. The second kappa shape index (κ2) is 8.31. The maximum absolute atomic E-state index is 13.0. The predicted octanol–water partition coefficient (Wildman–Crippen LogP) is 4.08. The predicted molar refractivity (Wildman–Crippen MR) is 123 cm³/mol.